The van der Waals surface area contributed by atoms with E-state index in [0.717, 1.165) is 23.3 Å². The fourth-order valence-corrected chi connectivity index (χ4v) is 2.36. The van der Waals surface area contributed by atoms with Crippen molar-refractivity contribution in [2.24, 2.45) is 10.7 Å². The van der Waals surface area contributed by atoms with Crippen LogP contribution < -0.4 is 11.1 Å². The van der Waals surface area contributed by atoms with Crippen LogP contribution in [0.25, 0.3) is 0 Å². The Hall–Kier alpha value is -1.84. The van der Waals surface area contributed by atoms with Gasteiger partial charge in [-0.15, -0.1) is 24.0 Å². The first-order chi connectivity index (χ1) is 11.1. The van der Waals surface area contributed by atoms with Gasteiger partial charge in [0.05, 0.1) is 12.1 Å². The van der Waals surface area contributed by atoms with Crippen LogP contribution in [-0.4, -0.2) is 5.96 Å². The number of nitrogens with one attached hydrogen (secondary N) is 1. The molecule has 0 spiro atoms. The minimum absolute atomic E-state index is 0. The maximum Gasteiger partial charge on any atom is 0.416 e. The Kier molecular flexibility index (Phi) is 7.21. The smallest absolute Gasteiger partial charge is 0.370 e. The van der Waals surface area contributed by atoms with Crippen LogP contribution in [0, 0.1) is 19.7 Å². The summed E-state index contributed by atoms with van der Waals surface area (Å²) in [7, 11) is 0. The minimum atomic E-state index is -4.65. The van der Waals surface area contributed by atoms with E-state index in [0.29, 0.717) is 11.8 Å². The molecule has 0 saturated carbocycles. The van der Waals surface area contributed by atoms with Gasteiger partial charge in [-0.2, -0.15) is 13.2 Å². The Morgan fingerprint density at radius 2 is 1.68 bits per heavy atom. The second-order valence-corrected chi connectivity index (χ2v) is 5.50. The first-order valence-electron chi connectivity index (χ1n) is 7.16. The lowest BCUT2D eigenvalue weighted by atomic mass is 10.1. The molecule has 0 aliphatic rings. The van der Waals surface area contributed by atoms with E-state index >= 15 is 0 Å². The van der Waals surface area contributed by atoms with Crippen molar-refractivity contribution in [3.05, 3.63) is 64.5 Å². The number of benzene rings is 2. The highest BCUT2D eigenvalue weighted by Crippen LogP contribution is 2.32. The molecule has 0 saturated heterocycles. The predicted molar refractivity (Wildman–Crippen MR) is 102 cm³/mol. The van der Waals surface area contributed by atoms with E-state index in [1.54, 1.807) is 0 Å². The summed E-state index contributed by atoms with van der Waals surface area (Å²) >= 11 is 0. The average Bonchev–Trinajstić information content (AvgIpc) is 2.43. The van der Waals surface area contributed by atoms with Crippen LogP contribution in [0.3, 0.4) is 0 Å². The van der Waals surface area contributed by atoms with Gasteiger partial charge in [0.1, 0.15) is 5.82 Å². The largest absolute Gasteiger partial charge is 0.416 e. The summed E-state index contributed by atoms with van der Waals surface area (Å²) in [5.74, 6) is -0.964. The number of nitrogens with zero attached hydrogens (tertiary/aromatic N) is 1. The number of rotatable bonds is 3. The van der Waals surface area contributed by atoms with Crippen molar-refractivity contribution >= 4 is 35.6 Å². The normalized spacial score (nSPS) is 11.8. The van der Waals surface area contributed by atoms with Crippen molar-refractivity contribution in [2.75, 3.05) is 5.32 Å². The summed E-state index contributed by atoms with van der Waals surface area (Å²) in [5, 5.41) is 2.84. The fraction of sp³-hybridized carbons (Fsp3) is 0.235. The molecule has 25 heavy (non-hydrogen) atoms. The Balaban J connectivity index is 0.00000312. The van der Waals surface area contributed by atoms with Gasteiger partial charge in [-0.25, -0.2) is 9.38 Å². The monoisotopic (exact) mass is 467 g/mol. The van der Waals surface area contributed by atoms with Crippen molar-refractivity contribution in [1.82, 2.24) is 0 Å². The molecule has 2 rings (SSSR count). The third-order valence-electron chi connectivity index (χ3n) is 3.29. The zero-order valence-corrected chi connectivity index (χ0v) is 15.9. The lowest BCUT2D eigenvalue weighted by molar-refractivity contribution is -0.138. The van der Waals surface area contributed by atoms with Crippen molar-refractivity contribution in [3.8, 4) is 0 Å². The maximum absolute atomic E-state index is 13.1. The molecule has 0 heterocycles. The van der Waals surface area contributed by atoms with Gasteiger partial charge in [-0.3, -0.25) is 0 Å². The highest BCUT2D eigenvalue weighted by Gasteiger charge is 2.33. The Labute approximate surface area is 160 Å². The van der Waals surface area contributed by atoms with Crippen LogP contribution in [0.4, 0.5) is 23.2 Å². The summed E-state index contributed by atoms with van der Waals surface area (Å²) in [6.45, 7) is 3.53. The number of hydrogen-bond acceptors (Lipinski definition) is 1. The van der Waals surface area contributed by atoms with Crippen LogP contribution in [-0.2, 0) is 12.7 Å². The summed E-state index contributed by atoms with van der Waals surface area (Å²) in [5.41, 5.74) is 7.26. The molecule has 136 valence electrons. The van der Waals surface area contributed by atoms with Crippen LogP contribution in [0.15, 0.2) is 41.4 Å². The summed E-state index contributed by atoms with van der Waals surface area (Å²) < 4.78 is 51.8. The Morgan fingerprint density at radius 1 is 1.08 bits per heavy atom. The first kappa shape index (κ1) is 21.2. The van der Waals surface area contributed by atoms with Gasteiger partial charge in [-0.05, 0) is 54.8 Å². The SMILES string of the molecule is Cc1cc(C)cc(NC(N)=NCc2ccc(F)cc2C(F)(F)F)c1.I. The molecule has 0 radical (unpaired) electrons. The Morgan fingerprint density at radius 3 is 2.24 bits per heavy atom. The third kappa shape index (κ3) is 6.18. The van der Waals surface area contributed by atoms with Gasteiger partial charge in [0, 0.05) is 5.69 Å². The molecule has 8 heteroatoms. The van der Waals surface area contributed by atoms with E-state index in [2.05, 4.69) is 10.3 Å². The Bertz CT molecular complexity index is 753. The molecule has 3 N–H and O–H groups in total. The van der Waals surface area contributed by atoms with E-state index in [1.165, 1.54) is 0 Å². The topological polar surface area (TPSA) is 50.4 Å². The standard InChI is InChI=1S/C17H17F4N3.HI/c1-10-5-11(2)7-14(6-10)24-16(22)23-9-12-3-4-13(18)8-15(12)17(19,20)21;/h3-8H,9H2,1-2H3,(H3,22,23,24);1H. The molecular formula is C17H18F4IN3. The second kappa shape index (κ2) is 8.50. The van der Waals surface area contributed by atoms with Crippen LogP contribution in [0.1, 0.15) is 22.3 Å². The van der Waals surface area contributed by atoms with Crippen LogP contribution in [0.2, 0.25) is 0 Å². The molecule has 0 bridgehead atoms. The quantitative estimate of drug-likeness (QED) is 0.289. The summed E-state index contributed by atoms with van der Waals surface area (Å²) in [4.78, 5) is 3.91. The molecule has 0 aliphatic heterocycles. The number of aliphatic imine (C=N–C) groups is 1. The average molecular weight is 467 g/mol. The van der Waals surface area contributed by atoms with E-state index < -0.39 is 17.6 Å². The van der Waals surface area contributed by atoms with Crippen molar-refractivity contribution in [1.29, 1.82) is 0 Å². The van der Waals surface area contributed by atoms with Gasteiger partial charge in [0.2, 0.25) is 0 Å². The number of anilines is 1. The van der Waals surface area contributed by atoms with Gasteiger partial charge in [0.25, 0.3) is 0 Å². The van der Waals surface area contributed by atoms with Gasteiger partial charge in [0.15, 0.2) is 5.96 Å². The number of alkyl halides is 3. The number of halogens is 5. The van der Waals surface area contributed by atoms with E-state index in [-0.39, 0.29) is 42.0 Å². The van der Waals surface area contributed by atoms with Gasteiger partial charge in [-0.1, -0.05) is 12.1 Å². The van der Waals surface area contributed by atoms with Crippen LogP contribution in [0.5, 0.6) is 0 Å². The zero-order chi connectivity index (χ0) is 17.9. The van der Waals surface area contributed by atoms with Gasteiger partial charge >= 0.3 is 6.18 Å². The number of nitrogens with two attached hydrogens (primary N) is 1. The fourth-order valence-electron chi connectivity index (χ4n) is 2.36. The molecule has 0 atom stereocenters. The van der Waals surface area contributed by atoms with Crippen molar-refractivity contribution < 1.29 is 17.6 Å². The molecule has 0 amide bonds. The second-order valence-electron chi connectivity index (χ2n) is 5.50. The number of aryl methyl sites for hydroxylation is 2. The van der Waals surface area contributed by atoms with Crippen molar-refractivity contribution in [2.45, 2.75) is 26.6 Å². The first-order valence-corrected chi connectivity index (χ1v) is 7.16. The molecule has 0 fully saturated rings. The lowest BCUT2D eigenvalue weighted by Gasteiger charge is -2.12. The predicted octanol–water partition coefficient (Wildman–Crippen LogP) is 5.01. The summed E-state index contributed by atoms with van der Waals surface area (Å²) in [6, 6.07) is 8.15. The third-order valence-corrected chi connectivity index (χ3v) is 3.29. The van der Waals surface area contributed by atoms with E-state index in [1.807, 2.05) is 32.0 Å². The zero-order valence-electron chi connectivity index (χ0n) is 13.6. The van der Waals surface area contributed by atoms with E-state index in [4.69, 9.17) is 5.73 Å². The number of guanidine groups is 1. The molecule has 2 aromatic carbocycles. The molecule has 3 nitrogen and oxygen atoms in total. The molecule has 0 aliphatic carbocycles. The van der Waals surface area contributed by atoms with E-state index in [9.17, 15) is 17.6 Å². The molecule has 0 unspecified atom stereocenters. The van der Waals surface area contributed by atoms with Crippen LogP contribution >= 0.6 is 24.0 Å². The molecule has 2 aromatic rings. The minimum Gasteiger partial charge on any atom is -0.370 e. The van der Waals surface area contributed by atoms with Gasteiger partial charge < -0.3 is 11.1 Å². The van der Waals surface area contributed by atoms with Crippen molar-refractivity contribution in [3.63, 3.8) is 0 Å². The molecular weight excluding hydrogens is 449 g/mol. The maximum atomic E-state index is 13.1. The highest BCUT2D eigenvalue weighted by atomic mass is 127. The lowest BCUT2D eigenvalue weighted by Crippen LogP contribution is -2.23. The highest BCUT2D eigenvalue weighted by molar-refractivity contribution is 14.0. The summed E-state index contributed by atoms with van der Waals surface area (Å²) in [6.07, 6.45) is -4.65. The number of hydrogen-bond donors (Lipinski definition) is 2. The molecule has 0 aromatic heterocycles.